The second kappa shape index (κ2) is 6.99. The molecule has 2 rings (SSSR count). The molecular formula is C18H26N2. The number of nitrogens with two attached hydrogens (primary N) is 1. The molecule has 0 saturated carbocycles. The van der Waals surface area contributed by atoms with Gasteiger partial charge in [0, 0.05) is 25.5 Å². The third-order valence-corrected chi connectivity index (χ3v) is 3.05. The van der Waals surface area contributed by atoms with Crippen LogP contribution in [0.5, 0.6) is 0 Å². The number of rotatable bonds is 1. The van der Waals surface area contributed by atoms with Crippen molar-refractivity contribution >= 4 is 11.4 Å². The molecule has 20 heavy (non-hydrogen) atoms. The van der Waals surface area contributed by atoms with Crippen LogP contribution in [0.2, 0.25) is 0 Å². The molecule has 2 nitrogen and oxygen atoms in total. The summed E-state index contributed by atoms with van der Waals surface area (Å²) in [5, 5.41) is 0. The molecule has 0 unspecified atom stereocenters. The predicted octanol–water partition coefficient (Wildman–Crippen LogP) is 4.32. The molecule has 2 N–H and O–H groups in total. The number of nitrogen functional groups attached to an aromatic ring is 1. The molecule has 2 aromatic carbocycles. The Morgan fingerprint density at radius 3 is 1.65 bits per heavy atom. The Hall–Kier alpha value is -1.96. The van der Waals surface area contributed by atoms with Crippen molar-refractivity contribution < 1.29 is 0 Å². The molecule has 0 spiro atoms. The van der Waals surface area contributed by atoms with Crippen LogP contribution in [-0.4, -0.2) is 14.1 Å². The van der Waals surface area contributed by atoms with Gasteiger partial charge >= 0.3 is 0 Å². The van der Waals surface area contributed by atoms with Gasteiger partial charge in [0.1, 0.15) is 0 Å². The number of anilines is 2. The van der Waals surface area contributed by atoms with E-state index in [1.165, 1.54) is 11.3 Å². The maximum Gasteiger partial charge on any atom is 0.0360 e. The van der Waals surface area contributed by atoms with E-state index in [4.69, 9.17) is 5.73 Å². The molecule has 0 radical (unpaired) electrons. The Kier molecular flexibility index (Phi) is 5.63. The summed E-state index contributed by atoms with van der Waals surface area (Å²) in [4.78, 5) is 2.08. The second-order valence-corrected chi connectivity index (χ2v) is 6.10. The molecule has 0 bridgehead atoms. The Morgan fingerprint density at radius 2 is 1.30 bits per heavy atom. The summed E-state index contributed by atoms with van der Waals surface area (Å²) < 4.78 is 0. The van der Waals surface area contributed by atoms with Gasteiger partial charge in [-0.25, -0.2) is 0 Å². The molecular weight excluding hydrogens is 244 g/mol. The lowest BCUT2D eigenvalue weighted by molar-refractivity contribution is 0.590. The van der Waals surface area contributed by atoms with Gasteiger partial charge in [0.25, 0.3) is 0 Å². The summed E-state index contributed by atoms with van der Waals surface area (Å²) in [6.45, 7) is 6.58. The fraction of sp³-hybridized carbons (Fsp3) is 0.333. The minimum atomic E-state index is 0.230. The number of hydrogen-bond acceptors (Lipinski definition) is 2. The summed E-state index contributed by atoms with van der Waals surface area (Å²) in [6, 6.07) is 18.3. The van der Waals surface area contributed by atoms with Gasteiger partial charge in [0.05, 0.1) is 0 Å². The lowest BCUT2D eigenvalue weighted by Crippen LogP contribution is -2.10. The summed E-state index contributed by atoms with van der Waals surface area (Å²) in [6.07, 6.45) is 0. The van der Waals surface area contributed by atoms with E-state index >= 15 is 0 Å². The van der Waals surface area contributed by atoms with Crippen molar-refractivity contribution in [2.75, 3.05) is 24.7 Å². The molecule has 0 aromatic heterocycles. The SMILES string of the molecule is CC(C)(C)c1ccc(N)cc1.CN(C)c1ccccc1. The smallest absolute Gasteiger partial charge is 0.0360 e. The lowest BCUT2D eigenvalue weighted by Gasteiger charge is -2.18. The van der Waals surface area contributed by atoms with Crippen molar-refractivity contribution in [3.8, 4) is 0 Å². The summed E-state index contributed by atoms with van der Waals surface area (Å²) in [5.41, 5.74) is 9.20. The van der Waals surface area contributed by atoms with Crippen molar-refractivity contribution in [2.45, 2.75) is 26.2 Å². The highest BCUT2D eigenvalue weighted by atomic mass is 15.1. The minimum absolute atomic E-state index is 0.230. The van der Waals surface area contributed by atoms with Crippen LogP contribution in [0.4, 0.5) is 11.4 Å². The molecule has 0 heterocycles. The van der Waals surface area contributed by atoms with Gasteiger partial charge < -0.3 is 10.6 Å². The summed E-state index contributed by atoms with van der Waals surface area (Å²) >= 11 is 0. The quantitative estimate of drug-likeness (QED) is 0.782. The van der Waals surface area contributed by atoms with Crippen molar-refractivity contribution in [3.63, 3.8) is 0 Å². The molecule has 0 saturated heterocycles. The summed E-state index contributed by atoms with van der Waals surface area (Å²) in [7, 11) is 4.07. The zero-order chi connectivity index (χ0) is 15.2. The number of nitrogens with zero attached hydrogens (tertiary/aromatic N) is 1. The van der Waals surface area contributed by atoms with E-state index in [1.807, 2.05) is 44.4 Å². The minimum Gasteiger partial charge on any atom is -0.399 e. The number of benzene rings is 2. The van der Waals surface area contributed by atoms with E-state index in [-0.39, 0.29) is 5.41 Å². The monoisotopic (exact) mass is 270 g/mol. The normalized spacial score (nSPS) is 10.4. The topological polar surface area (TPSA) is 29.3 Å². The van der Waals surface area contributed by atoms with Crippen LogP contribution in [0.15, 0.2) is 54.6 Å². The first kappa shape index (κ1) is 16.1. The van der Waals surface area contributed by atoms with E-state index in [0.29, 0.717) is 0 Å². The zero-order valence-electron chi connectivity index (χ0n) is 13.2. The van der Waals surface area contributed by atoms with Crippen LogP contribution in [0.3, 0.4) is 0 Å². The van der Waals surface area contributed by atoms with Crippen molar-refractivity contribution in [3.05, 3.63) is 60.2 Å². The van der Waals surface area contributed by atoms with Gasteiger partial charge in [-0.1, -0.05) is 51.1 Å². The lowest BCUT2D eigenvalue weighted by atomic mass is 9.87. The molecule has 0 aliphatic heterocycles. The standard InChI is InChI=1S/C10H15N.C8H11N/c1-10(2,3)8-4-6-9(11)7-5-8;1-9(2)8-6-4-3-5-7-8/h4-7H,11H2,1-3H3;3-7H,1-2H3. The third kappa shape index (κ3) is 5.35. The maximum atomic E-state index is 5.57. The van der Waals surface area contributed by atoms with Gasteiger partial charge in [-0.3, -0.25) is 0 Å². The first-order valence-electron chi connectivity index (χ1n) is 6.89. The predicted molar refractivity (Wildman–Crippen MR) is 90.3 cm³/mol. The van der Waals surface area contributed by atoms with E-state index < -0.39 is 0 Å². The molecule has 0 fully saturated rings. The van der Waals surface area contributed by atoms with Crippen LogP contribution >= 0.6 is 0 Å². The highest BCUT2D eigenvalue weighted by molar-refractivity contribution is 5.43. The van der Waals surface area contributed by atoms with E-state index in [0.717, 1.165) is 5.69 Å². The Labute approximate surface area is 123 Å². The third-order valence-electron chi connectivity index (χ3n) is 3.05. The van der Waals surface area contributed by atoms with Crippen LogP contribution < -0.4 is 10.6 Å². The van der Waals surface area contributed by atoms with Crippen molar-refractivity contribution in [2.24, 2.45) is 0 Å². The van der Waals surface area contributed by atoms with Gasteiger partial charge in [0.15, 0.2) is 0 Å². The molecule has 108 valence electrons. The van der Waals surface area contributed by atoms with Crippen LogP contribution in [0, 0.1) is 0 Å². The fourth-order valence-corrected chi connectivity index (χ4v) is 1.71. The Morgan fingerprint density at radius 1 is 0.800 bits per heavy atom. The van der Waals surface area contributed by atoms with E-state index in [9.17, 15) is 0 Å². The zero-order valence-corrected chi connectivity index (χ0v) is 13.2. The van der Waals surface area contributed by atoms with Crippen molar-refractivity contribution in [1.82, 2.24) is 0 Å². The second-order valence-electron chi connectivity index (χ2n) is 6.10. The molecule has 0 aliphatic rings. The first-order valence-corrected chi connectivity index (χ1v) is 6.89. The van der Waals surface area contributed by atoms with Gasteiger partial charge in [0.2, 0.25) is 0 Å². The average Bonchev–Trinajstić information content (AvgIpc) is 2.40. The van der Waals surface area contributed by atoms with Crippen LogP contribution in [-0.2, 0) is 5.41 Å². The van der Waals surface area contributed by atoms with E-state index in [1.54, 1.807) is 0 Å². The van der Waals surface area contributed by atoms with Crippen molar-refractivity contribution in [1.29, 1.82) is 0 Å². The average molecular weight is 270 g/mol. The van der Waals surface area contributed by atoms with Gasteiger partial charge in [-0.05, 0) is 35.2 Å². The fourth-order valence-electron chi connectivity index (χ4n) is 1.71. The molecule has 0 aliphatic carbocycles. The Balaban J connectivity index is 0.000000204. The highest BCUT2D eigenvalue weighted by Gasteiger charge is 2.11. The van der Waals surface area contributed by atoms with E-state index in [2.05, 4.69) is 49.9 Å². The molecule has 0 atom stereocenters. The molecule has 0 amide bonds. The summed E-state index contributed by atoms with van der Waals surface area (Å²) in [5.74, 6) is 0. The highest BCUT2D eigenvalue weighted by Crippen LogP contribution is 2.22. The number of hydrogen-bond donors (Lipinski definition) is 1. The largest absolute Gasteiger partial charge is 0.399 e. The molecule has 2 heteroatoms. The van der Waals surface area contributed by atoms with Gasteiger partial charge in [-0.15, -0.1) is 0 Å². The number of para-hydroxylation sites is 1. The Bertz CT molecular complexity index is 493. The first-order chi connectivity index (χ1) is 9.30. The maximum absolute atomic E-state index is 5.57. The van der Waals surface area contributed by atoms with Crippen LogP contribution in [0.1, 0.15) is 26.3 Å². The van der Waals surface area contributed by atoms with Gasteiger partial charge in [-0.2, -0.15) is 0 Å². The molecule has 2 aromatic rings. The van der Waals surface area contributed by atoms with Crippen LogP contribution in [0.25, 0.3) is 0 Å².